The third-order valence-corrected chi connectivity index (χ3v) is 4.55. The molecule has 0 saturated carbocycles. The van der Waals surface area contributed by atoms with Crippen LogP contribution in [0.25, 0.3) is 0 Å². The Hall–Kier alpha value is -1.04. The molecule has 0 spiro atoms. The number of carbonyl (C=O) groups excluding carboxylic acids is 1. The molecular formula is C15H9Br2ClO3. The third kappa shape index (κ3) is 2.96. The van der Waals surface area contributed by atoms with Crippen LogP contribution in [0.3, 0.4) is 0 Å². The van der Waals surface area contributed by atoms with E-state index < -0.39 is 0 Å². The topological polar surface area (TPSA) is 35.5 Å². The van der Waals surface area contributed by atoms with E-state index in [9.17, 15) is 4.79 Å². The Morgan fingerprint density at radius 3 is 2.38 bits per heavy atom. The van der Waals surface area contributed by atoms with Crippen LogP contribution in [0, 0.1) is 0 Å². The zero-order valence-corrected chi connectivity index (χ0v) is 14.6. The molecule has 0 aromatic heterocycles. The number of fused-ring (bicyclic) bond motifs is 1. The Morgan fingerprint density at radius 1 is 1.00 bits per heavy atom. The first-order valence-corrected chi connectivity index (χ1v) is 8.11. The summed E-state index contributed by atoms with van der Waals surface area (Å²) in [5.41, 5.74) is 0.919. The number of hydrogen-bond donors (Lipinski definition) is 0. The smallest absolute Gasteiger partial charge is 0.195 e. The maximum atomic E-state index is 12.7. The van der Waals surface area contributed by atoms with Gasteiger partial charge < -0.3 is 9.47 Å². The van der Waals surface area contributed by atoms with Crippen LogP contribution in [0.1, 0.15) is 15.9 Å². The highest BCUT2D eigenvalue weighted by atomic mass is 79.9. The molecule has 2 aromatic carbocycles. The van der Waals surface area contributed by atoms with Crippen LogP contribution < -0.4 is 9.47 Å². The highest BCUT2D eigenvalue weighted by Crippen LogP contribution is 2.37. The van der Waals surface area contributed by atoms with Crippen molar-refractivity contribution in [1.29, 1.82) is 0 Å². The van der Waals surface area contributed by atoms with Crippen molar-refractivity contribution in [3.05, 3.63) is 55.4 Å². The summed E-state index contributed by atoms with van der Waals surface area (Å²) in [6.45, 7) is 0.941. The normalized spacial score (nSPS) is 13.1. The molecule has 0 N–H and O–H groups in total. The molecule has 0 bridgehead atoms. The van der Waals surface area contributed by atoms with Gasteiger partial charge in [0.2, 0.25) is 0 Å². The van der Waals surface area contributed by atoms with Crippen molar-refractivity contribution in [2.45, 2.75) is 0 Å². The van der Waals surface area contributed by atoms with E-state index in [0.29, 0.717) is 45.3 Å². The van der Waals surface area contributed by atoms with E-state index in [2.05, 4.69) is 31.9 Å². The fourth-order valence-corrected chi connectivity index (χ4v) is 3.08. The van der Waals surface area contributed by atoms with E-state index in [1.54, 1.807) is 18.2 Å². The molecule has 21 heavy (non-hydrogen) atoms. The van der Waals surface area contributed by atoms with E-state index in [1.165, 1.54) is 0 Å². The van der Waals surface area contributed by atoms with Gasteiger partial charge in [0.25, 0.3) is 0 Å². The van der Waals surface area contributed by atoms with Crippen LogP contribution in [-0.2, 0) is 0 Å². The van der Waals surface area contributed by atoms with Crippen LogP contribution in [-0.4, -0.2) is 19.0 Å². The standard InChI is InChI=1S/C15H9Br2ClO3/c16-8-1-2-11(17)9(5-8)15(19)10-6-13-14(7-12(10)18)21-4-3-20-13/h1-2,5-7H,3-4H2. The minimum absolute atomic E-state index is 0.176. The first-order valence-electron chi connectivity index (χ1n) is 6.15. The van der Waals surface area contributed by atoms with Crippen molar-refractivity contribution in [3.8, 4) is 11.5 Å². The lowest BCUT2D eigenvalue weighted by atomic mass is 10.0. The molecule has 1 aliphatic rings. The van der Waals surface area contributed by atoms with E-state index in [1.807, 2.05) is 12.1 Å². The van der Waals surface area contributed by atoms with E-state index in [-0.39, 0.29) is 5.78 Å². The quantitative estimate of drug-likeness (QED) is 0.636. The van der Waals surface area contributed by atoms with Gasteiger partial charge in [-0.3, -0.25) is 4.79 Å². The van der Waals surface area contributed by atoms with Crippen molar-refractivity contribution in [2.24, 2.45) is 0 Å². The minimum Gasteiger partial charge on any atom is -0.486 e. The molecule has 0 unspecified atom stereocenters. The Morgan fingerprint density at radius 2 is 1.67 bits per heavy atom. The summed E-state index contributed by atoms with van der Waals surface area (Å²) in [5.74, 6) is 0.932. The molecule has 1 heterocycles. The van der Waals surface area contributed by atoms with Crippen LogP contribution >= 0.6 is 43.5 Å². The predicted molar refractivity (Wildman–Crippen MR) is 87.7 cm³/mol. The van der Waals surface area contributed by atoms with Crippen LogP contribution in [0.2, 0.25) is 5.02 Å². The van der Waals surface area contributed by atoms with Crippen LogP contribution in [0.5, 0.6) is 11.5 Å². The molecule has 0 aliphatic carbocycles. The molecule has 0 radical (unpaired) electrons. The summed E-state index contributed by atoms with van der Waals surface area (Å²) in [4.78, 5) is 12.7. The molecule has 0 atom stereocenters. The highest BCUT2D eigenvalue weighted by molar-refractivity contribution is 9.11. The van der Waals surface area contributed by atoms with Gasteiger partial charge in [-0.05, 0) is 24.3 Å². The maximum Gasteiger partial charge on any atom is 0.195 e. The van der Waals surface area contributed by atoms with Crippen molar-refractivity contribution in [3.63, 3.8) is 0 Å². The number of carbonyl (C=O) groups is 1. The van der Waals surface area contributed by atoms with E-state index in [0.717, 1.165) is 4.47 Å². The average Bonchev–Trinajstić information content (AvgIpc) is 2.48. The van der Waals surface area contributed by atoms with Crippen molar-refractivity contribution in [1.82, 2.24) is 0 Å². The van der Waals surface area contributed by atoms with Gasteiger partial charge in [0.1, 0.15) is 13.2 Å². The number of ether oxygens (including phenoxy) is 2. The largest absolute Gasteiger partial charge is 0.486 e. The molecule has 0 amide bonds. The first kappa shape index (κ1) is 14.9. The lowest BCUT2D eigenvalue weighted by molar-refractivity contribution is 0.103. The second-order valence-corrected chi connectivity index (χ2v) is 6.61. The van der Waals surface area contributed by atoms with Gasteiger partial charge in [0.05, 0.1) is 5.02 Å². The Balaban J connectivity index is 2.07. The van der Waals surface area contributed by atoms with Gasteiger partial charge in [0, 0.05) is 26.1 Å². The average molecular weight is 432 g/mol. The third-order valence-electron chi connectivity index (χ3n) is 3.05. The molecule has 6 heteroatoms. The van der Waals surface area contributed by atoms with Crippen LogP contribution in [0.15, 0.2) is 39.3 Å². The van der Waals surface area contributed by atoms with Gasteiger partial charge in [0.15, 0.2) is 17.3 Å². The predicted octanol–water partition coefficient (Wildman–Crippen LogP) is 4.87. The van der Waals surface area contributed by atoms with Gasteiger partial charge in [-0.1, -0.05) is 43.5 Å². The van der Waals surface area contributed by atoms with Crippen molar-refractivity contribution >= 4 is 49.2 Å². The molecule has 2 aromatic rings. The van der Waals surface area contributed by atoms with Gasteiger partial charge in [-0.15, -0.1) is 0 Å². The molecule has 1 aliphatic heterocycles. The van der Waals surface area contributed by atoms with E-state index >= 15 is 0 Å². The van der Waals surface area contributed by atoms with Crippen LogP contribution in [0.4, 0.5) is 0 Å². The Labute approximate surface area is 143 Å². The molecule has 3 rings (SSSR count). The monoisotopic (exact) mass is 430 g/mol. The summed E-state index contributed by atoms with van der Waals surface area (Å²) < 4.78 is 12.5. The zero-order chi connectivity index (χ0) is 15.0. The lowest BCUT2D eigenvalue weighted by Crippen LogP contribution is -2.16. The number of halogens is 3. The highest BCUT2D eigenvalue weighted by Gasteiger charge is 2.21. The summed E-state index contributed by atoms with van der Waals surface area (Å²) >= 11 is 13.0. The fraction of sp³-hybridized carbons (Fsp3) is 0.133. The van der Waals surface area contributed by atoms with Gasteiger partial charge in [-0.25, -0.2) is 0 Å². The first-order chi connectivity index (χ1) is 10.1. The number of ketones is 1. The second-order valence-electron chi connectivity index (χ2n) is 4.43. The number of benzene rings is 2. The molecule has 0 saturated heterocycles. The molecule has 108 valence electrons. The van der Waals surface area contributed by atoms with Crippen molar-refractivity contribution < 1.29 is 14.3 Å². The Kier molecular flexibility index (Phi) is 4.24. The van der Waals surface area contributed by atoms with Crippen molar-refractivity contribution in [2.75, 3.05) is 13.2 Å². The number of hydrogen-bond acceptors (Lipinski definition) is 3. The summed E-state index contributed by atoms with van der Waals surface area (Å²) in [6.07, 6.45) is 0. The number of rotatable bonds is 2. The minimum atomic E-state index is -0.176. The Bertz CT molecular complexity index is 731. The zero-order valence-electron chi connectivity index (χ0n) is 10.7. The summed E-state index contributed by atoms with van der Waals surface area (Å²) in [7, 11) is 0. The maximum absolute atomic E-state index is 12.7. The fourth-order valence-electron chi connectivity index (χ4n) is 2.05. The van der Waals surface area contributed by atoms with E-state index in [4.69, 9.17) is 21.1 Å². The summed E-state index contributed by atoms with van der Waals surface area (Å²) in [6, 6.07) is 8.66. The van der Waals surface area contributed by atoms with Gasteiger partial charge >= 0.3 is 0 Å². The molecular weight excluding hydrogens is 423 g/mol. The summed E-state index contributed by atoms with van der Waals surface area (Å²) in [5, 5.41) is 0.344. The second kappa shape index (κ2) is 5.99. The molecule has 3 nitrogen and oxygen atoms in total. The lowest BCUT2D eigenvalue weighted by Gasteiger charge is -2.19. The van der Waals surface area contributed by atoms with Gasteiger partial charge in [-0.2, -0.15) is 0 Å². The molecule has 0 fully saturated rings. The SMILES string of the molecule is O=C(c1cc2c(cc1Cl)OCCO2)c1cc(Br)ccc1Br.